The van der Waals surface area contributed by atoms with Gasteiger partial charge < -0.3 is 9.84 Å². The fourth-order valence-electron chi connectivity index (χ4n) is 2.74. The maximum atomic E-state index is 11.3. The van der Waals surface area contributed by atoms with Gasteiger partial charge in [0.2, 0.25) is 0 Å². The lowest BCUT2D eigenvalue weighted by molar-refractivity contribution is -0.138. The molecule has 0 fully saturated rings. The molecule has 24 heavy (non-hydrogen) atoms. The first-order chi connectivity index (χ1) is 11.8. The molecule has 0 aliphatic rings. The summed E-state index contributed by atoms with van der Waals surface area (Å²) in [6.07, 6.45) is 22.6. The second-order valence-corrected chi connectivity index (χ2v) is 6.68. The highest BCUT2D eigenvalue weighted by Crippen LogP contribution is 2.13. The minimum atomic E-state index is -0.293. The third-order valence-corrected chi connectivity index (χ3v) is 4.28. The van der Waals surface area contributed by atoms with Crippen LogP contribution in [0.2, 0.25) is 0 Å². The fourth-order valence-corrected chi connectivity index (χ4v) is 2.74. The zero-order valence-electron chi connectivity index (χ0n) is 15.9. The molecule has 3 heteroatoms. The topological polar surface area (TPSA) is 46.5 Å². The van der Waals surface area contributed by atoms with Gasteiger partial charge in [0.25, 0.3) is 0 Å². The summed E-state index contributed by atoms with van der Waals surface area (Å²) in [5.41, 5.74) is 0. The third-order valence-electron chi connectivity index (χ3n) is 4.28. The molecule has 0 aliphatic carbocycles. The Balaban J connectivity index is 3.15. The van der Waals surface area contributed by atoms with Crippen LogP contribution in [0.4, 0.5) is 0 Å². The molecule has 0 saturated heterocycles. The summed E-state index contributed by atoms with van der Waals surface area (Å²) in [5, 5.41) is 8.59. The van der Waals surface area contributed by atoms with Crippen molar-refractivity contribution in [3.8, 4) is 0 Å². The Labute approximate surface area is 149 Å². The maximum Gasteiger partial charge on any atom is 0.330 e. The van der Waals surface area contributed by atoms with Gasteiger partial charge >= 0.3 is 5.97 Å². The van der Waals surface area contributed by atoms with E-state index in [0.29, 0.717) is 13.0 Å². The number of aliphatic hydroxyl groups excluding tert-OH is 1. The number of carbonyl (C=O) groups excluding carboxylic acids is 1. The minimum Gasteiger partial charge on any atom is -0.462 e. The number of esters is 1. The van der Waals surface area contributed by atoms with E-state index in [1.807, 2.05) is 6.08 Å². The monoisotopic (exact) mass is 340 g/mol. The van der Waals surface area contributed by atoms with Crippen molar-refractivity contribution in [1.82, 2.24) is 0 Å². The van der Waals surface area contributed by atoms with Crippen LogP contribution in [-0.2, 0) is 9.53 Å². The molecule has 3 nitrogen and oxygen atoms in total. The van der Waals surface area contributed by atoms with Crippen molar-refractivity contribution in [1.29, 1.82) is 0 Å². The van der Waals surface area contributed by atoms with E-state index in [2.05, 4.69) is 6.92 Å². The molecule has 0 aromatic rings. The second kappa shape index (κ2) is 20.2. The molecule has 142 valence electrons. The van der Waals surface area contributed by atoms with E-state index >= 15 is 0 Å². The molecule has 0 rings (SSSR count). The molecule has 0 saturated carbocycles. The van der Waals surface area contributed by atoms with Crippen molar-refractivity contribution < 1.29 is 14.6 Å². The van der Waals surface area contributed by atoms with Gasteiger partial charge in [-0.25, -0.2) is 4.79 Å². The first kappa shape index (κ1) is 23.2. The van der Waals surface area contributed by atoms with Gasteiger partial charge in [0.15, 0.2) is 0 Å². The average molecular weight is 341 g/mol. The van der Waals surface area contributed by atoms with Crippen molar-refractivity contribution in [2.24, 2.45) is 0 Å². The molecule has 1 N–H and O–H groups in total. The van der Waals surface area contributed by atoms with Gasteiger partial charge in [-0.1, -0.05) is 90.0 Å². The second-order valence-electron chi connectivity index (χ2n) is 6.68. The van der Waals surface area contributed by atoms with Crippen LogP contribution in [0.1, 0.15) is 103 Å². The van der Waals surface area contributed by atoms with Gasteiger partial charge in [-0.15, -0.1) is 0 Å². The molecule has 0 unspecified atom stereocenters. The summed E-state index contributed by atoms with van der Waals surface area (Å²) in [6.45, 7) is 2.64. The first-order valence-electron chi connectivity index (χ1n) is 10.3. The Morgan fingerprint density at radius 2 is 1.29 bits per heavy atom. The van der Waals surface area contributed by atoms with Crippen molar-refractivity contribution in [2.45, 2.75) is 103 Å². The van der Waals surface area contributed by atoms with Crippen LogP contribution in [0.5, 0.6) is 0 Å². The number of allylic oxidation sites excluding steroid dienone is 1. The summed E-state index contributed by atoms with van der Waals surface area (Å²) < 4.78 is 4.92. The number of hydrogen-bond donors (Lipinski definition) is 1. The van der Waals surface area contributed by atoms with E-state index in [1.54, 1.807) is 0 Å². The van der Waals surface area contributed by atoms with Gasteiger partial charge in [0.05, 0.1) is 6.61 Å². The number of aliphatic hydroxyl groups is 1. The molecule has 0 heterocycles. The number of ether oxygens (including phenoxy) is 1. The third kappa shape index (κ3) is 19.2. The highest BCUT2D eigenvalue weighted by atomic mass is 16.5. The van der Waals surface area contributed by atoms with Gasteiger partial charge in [0, 0.05) is 19.1 Å². The van der Waals surface area contributed by atoms with Crippen LogP contribution >= 0.6 is 0 Å². The lowest BCUT2D eigenvalue weighted by Gasteiger charge is -2.02. The molecule has 0 spiro atoms. The Kier molecular flexibility index (Phi) is 19.5. The average Bonchev–Trinajstić information content (AvgIpc) is 2.58. The number of rotatable bonds is 18. The maximum absolute atomic E-state index is 11.3. The van der Waals surface area contributed by atoms with E-state index in [4.69, 9.17) is 9.84 Å². The number of unbranched alkanes of at least 4 members (excludes halogenated alkanes) is 13. The molecule has 0 amide bonds. The van der Waals surface area contributed by atoms with Crippen LogP contribution in [-0.4, -0.2) is 24.3 Å². The van der Waals surface area contributed by atoms with Gasteiger partial charge in [0.1, 0.15) is 0 Å². The summed E-state index contributed by atoms with van der Waals surface area (Å²) in [4.78, 5) is 11.3. The van der Waals surface area contributed by atoms with Gasteiger partial charge in [-0.05, 0) is 12.8 Å². The standard InChI is InChI=1S/C21H40O3/c1-2-3-4-5-6-7-8-9-10-11-12-13-14-15-16-18-21(23)24-20-17-19-22/h16,18,22H,2-15,17,19-20H2,1H3. The number of hydrogen-bond acceptors (Lipinski definition) is 3. The highest BCUT2D eigenvalue weighted by molar-refractivity contribution is 5.81. The van der Waals surface area contributed by atoms with E-state index in [9.17, 15) is 4.79 Å². The van der Waals surface area contributed by atoms with E-state index in [1.165, 1.54) is 83.1 Å². The van der Waals surface area contributed by atoms with Crippen LogP contribution in [0, 0.1) is 0 Å². The minimum absolute atomic E-state index is 0.0654. The van der Waals surface area contributed by atoms with Crippen molar-refractivity contribution in [3.05, 3.63) is 12.2 Å². The summed E-state index contributed by atoms with van der Waals surface area (Å²) in [5.74, 6) is -0.293. The summed E-state index contributed by atoms with van der Waals surface area (Å²) >= 11 is 0. The normalized spacial score (nSPS) is 11.2. The predicted molar refractivity (Wildman–Crippen MR) is 102 cm³/mol. The largest absolute Gasteiger partial charge is 0.462 e. The number of carbonyl (C=O) groups is 1. The van der Waals surface area contributed by atoms with Crippen molar-refractivity contribution >= 4 is 5.97 Å². The lowest BCUT2D eigenvalue weighted by atomic mass is 10.0. The Bertz CT molecular complexity index is 287. The Hall–Kier alpha value is -0.830. The molecular formula is C21H40O3. The highest BCUT2D eigenvalue weighted by Gasteiger charge is 1.96. The van der Waals surface area contributed by atoms with Gasteiger partial charge in [-0.3, -0.25) is 0 Å². The van der Waals surface area contributed by atoms with Crippen LogP contribution in [0.15, 0.2) is 12.2 Å². The van der Waals surface area contributed by atoms with Crippen LogP contribution in [0.3, 0.4) is 0 Å². The quantitative estimate of drug-likeness (QED) is 0.190. The lowest BCUT2D eigenvalue weighted by Crippen LogP contribution is -2.03. The smallest absolute Gasteiger partial charge is 0.330 e. The Morgan fingerprint density at radius 3 is 1.79 bits per heavy atom. The summed E-state index contributed by atoms with van der Waals surface area (Å²) in [7, 11) is 0. The summed E-state index contributed by atoms with van der Waals surface area (Å²) in [6, 6.07) is 0. The van der Waals surface area contributed by atoms with E-state index < -0.39 is 0 Å². The van der Waals surface area contributed by atoms with Crippen molar-refractivity contribution in [3.63, 3.8) is 0 Å². The van der Waals surface area contributed by atoms with E-state index in [-0.39, 0.29) is 12.6 Å². The van der Waals surface area contributed by atoms with Crippen LogP contribution in [0.25, 0.3) is 0 Å². The predicted octanol–water partition coefficient (Wildman–Crippen LogP) is 5.95. The molecule has 0 aromatic carbocycles. The zero-order valence-corrected chi connectivity index (χ0v) is 15.9. The van der Waals surface area contributed by atoms with Gasteiger partial charge in [-0.2, -0.15) is 0 Å². The zero-order chi connectivity index (χ0) is 17.7. The molecule has 0 bridgehead atoms. The SMILES string of the molecule is CCCCCCCCCCCCCCCC=CC(=O)OCCCO. The fraction of sp³-hybridized carbons (Fsp3) is 0.857. The van der Waals surface area contributed by atoms with Crippen molar-refractivity contribution in [2.75, 3.05) is 13.2 Å². The van der Waals surface area contributed by atoms with E-state index in [0.717, 1.165) is 12.8 Å². The first-order valence-corrected chi connectivity index (χ1v) is 10.3. The van der Waals surface area contributed by atoms with Crippen LogP contribution < -0.4 is 0 Å². The molecule has 0 radical (unpaired) electrons. The Morgan fingerprint density at radius 1 is 0.792 bits per heavy atom. The molecule has 0 aliphatic heterocycles. The molecule has 0 aromatic heterocycles. The molecular weight excluding hydrogens is 300 g/mol. The molecule has 0 atom stereocenters.